The molecule has 7 heteroatoms. The van der Waals surface area contributed by atoms with Crippen LogP contribution in [-0.2, 0) is 10.0 Å². The fourth-order valence-electron chi connectivity index (χ4n) is 2.81. The number of nitroso groups, excluding NO2 is 1. The average Bonchev–Trinajstić information content (AvgIpc) is 3.20. The second kappa shape index (κ2) is 5.82. The molecule has 0 aromatic heterocycles. The monoisotopic (exact) mass is 309 g/mol. The zero-order valence-corrected chi connectivity index (χ0v) is 12.6. The van der Waals surface area contributed by atoms with E-state index in [4.69, 9.17) is 0 Å². The van der Waals surface area contributed by atoms with E-state index >= 15 is 0 Å². The van der Waals surface area contributed by atoms with E-state index in [9.17, 15) is 13.3 Å². The van der Waals surface area contributed by atoms with E-state index in [1.165, 1.54) is 12.1 Å². The molecular formula is C14H19N3O3S. The van der Waals surface area contributed by atoms with Crippen LogP contribution < -0.4 is 5.32 Å². The molecule has 114 valence electrons. The first-order valence-corrected chi connectivity index (χ1v) is 8.72. The van der Waals surface area contributed by atoms with Crippen molar-refractivity contribution in [2.24, 2.45) is 11.1 Å². The summed E-state index contributed by atoms with van der Waals surface area (Å²) in [7, 11) is -3.66. The Labute approximate surface area is 124 Å². The molecule has 1 atom stereocenters. The van der Waals surface area contributed by atoms with Gasteiger partial charge in [0.2, 0.25) is 10.0 Å². The fraction of sp³-hybridized carbons (Fsp3) is 0.571. The van der Waals surface area contributed by atoms with Crippen LogP contribution in [0.5, 0.6) is 0 Å². The topological polar surface area (TPSA) is 78.8 Å². The lowest BCUT2D eigenvalue weighted by molar-refractivity contribution is 0.347. The zero-order valence-electron chi connectivity index (χ0n) is 11.7. The molecule has 21 heavy (non-hydrogen) atoms. The van der Waals surface area contributed by atoms with Crippen molar-refractivity contribution in [1.29, 1.82) is 0 Å². The third-order valence-electron chi connectivity index (χ3n) is 4.10. The average molecular weight is 309 g/mol. The molecule has 3 rings (SSSR count). The highest BCUT2D eigenvalue weighted by atomic mass is 32.2. The normalized spacial score (nSPS) is 22.6. The summed E-state index contributed by atoms with van der Waals surface area (Å²) in [6.45, 7) is 2.31. The maximum Gasteiger partial charge on any atom is 0.245 e. The minimum absolute atomic E-state index is 0.00676. The SMILES string of the molecule is O=Nc1ccccc1S(=O)(=O)N(C[C@H]1CCNC1)C1CC1. The highest BCUT2D eigenvalue weighted by Crippen LogP contribution is 2.36. The Hall–Kier alpha value is -1.31. The summed E-state index contributed by atoms with van der Waals surface area (Å²) in [6.07, 6.45) is 2.79. The molecule has 2 fully saturated rings. The molecular weight excluding hydrogens is 290 g/mol. The summed E-state index contributed by atoms with van der Waals surface area (Å²) < 4.78 is 27.4. The summed E-state index contributed by atoms with van der Waals surface area (Å²) >= 11 is 0. The second-order valence-corrected chi connectivity index (χ2v) is 7.58. The number of rotatable bonds is 6. The first-order chi connectivity index (χ1) is 10.1. The summed E-state index contributed by atoms with van der Waals surface area (Å²) in [4.78, 5) is 10.9. The lowest BCUT2D eigenvalue weighted by atomic mass is 10.1. The zero-order chi connectivity index (χ0) is 14.9. The molecule has 1 N–H and O–H groups in total. The second-order valence-electron chi connectivity index (χ2n) is 5.72. The van der Waals surface area contributed by atoms with Gasteiger partial charge in [0.05, 0.1) is 0 Å². The quantitative estimate of drug-likeness (QED) is 0.813. The van der Waals surface area contributed by atoms with Gasteiger partial charge in [-0.05, 0) is 55.6 Å². The van der Waals surface area contributed by atoms with Crippen LogP contribution in [0, 0.1) is 10.8 Å². The van der Waals surface area contributed by atoms with E-state index in [1.807, 2.05) is 0 Å². The Morgan fingerprint density at radius 1 is 1.24 bits per heavy atom. The standard InChI is InChI=1S/C14H19N3O3S/c18-16-13-3-1-2-4-14(13)21(19,20)17(12-5-6-12)10-11-7-8-15-9-11/h1-4,11-12,15H,5-10H2/t11-/m0/s1. The Balaban J connectivity index is 1.91. The molecule has 2 aliphatic rings. The Morgan fingerprint density at radius 3 is 2.62 bits per heavy atom. The van der Waals surface area contributed by atoms with E-state index in [0.29, 0.717) is 12.5 Å². The van der Waals surface area contributed by atoms with Crippen LogP contribution >= 0.6 is 0 Å². The largest absolute Gasteiger partial charge is 0.316 e. The molecule has 0 radical (unpaired) electrons. The first kappa shape index (κ1) is 14.6. The molecule has 1 aromatic carbocycles. The molecule has 0 spiro atoms. The molecule has 1 saturated carbocycles. The minimum Gasteiger partial charge on any atom is -0.316 e. The van der Waals surface area contributed by atoms with Gasteiger partial charge in [0.25, 0.3) is 0 Å². The number of benzene rings is 1. The van der Waals surface area contributed by atoms with E-state index in [1.54, 1.807) is 16.4 Å². The first-order valence-electron chi connectivity index (χ1n) is 7.28. The molecule has 1 aliphatic heterocycles. The number of hydrogen-bond acceptors (Lipinski definition) is 5. The van der Waals surface area contributed by atoms with Crippen LogP contribution in [-0.4, -0.2) is 38.4 Å². The molecule has 0 bridgehead atoms. The molecule has 6 nitrogen and oxygen atoms in total. The van der Waals surface area contributed by atoms with Crippen LogP contribution in [0.25, 0.3) is 0 Å². The van der Waals surface area contributed by atoms with Crippen molar-refractivity contribution in [2.75, 3.05) is 19.6 Å². The number of sulfonamides is 1. The van der Waals surface area contributed by atoms with Crippen LogP contribution in [0.15, 0.2) is 34.3 Å². The molecule has 1 aromatic rings. The van der Waals surface area contributed by atoms with Gasteiger partial charge in [-0.1, -0.05) is 12.1 Å². The van der Waals surface area contributed by atoms with E-state index < -0.39 is 10.0 Å². The maximum atomic E-state index is 12.9. The smallest absolute Gasteiger partial charge is 0.245 e. The number of nitrogens with zero attached hydrogens (tertiary/aromatic N) is 2. The lowest BCUT2D eigenvalue weighted by Gasteiger charge is -2.25. The number of hydrogen-bond donors (Lipinski definition) is 1. The Kier molecular flexibility index (Phi) is 4.05. The predicted molar refractivity (Wildman–Crippen MR) is 79.8 cm³/mol. The van der Waals surface area contributed by atoms with Crippen LogP contribution in [0.4, 0.5) is 5.69 Å². The van der Waals surface area contributed by atoms with Gasteiger partial charge in [0.1, 0.15) is 10.6 Å². The van der Waals surface area contributed by atoms with Crippen molar-refractivity contribution in [3.05, 3.63) is 29.2 Å². The highest BCUT2D eigenvalue weighted by molar-refractivity contribution is 7.89. The molecule has 1 aliphatic carbocycles. The molecule has 0 unspecified atom stereocenters. The predicted octanol–water partition coefficient (Wildman–Crippen LogP) is 1.85. The van der Waals surface area contributed by atoms with Gasteiger partial charge in [0, 0.05) is 12.6 Å². The lowest BCUT2D eigenvalue weighted by Crippen LogP contribution is -2.37. The summed E-state index contributed by atoms with van der Waals surface area (Å²) in [5.41, 5.74) is -0.00676. The van der Waals surface area contributed by atoms with Crippen molar-refractivity contribution < 1.29 is 8.42 Å². The van der Waals surface area contributed by atoms with Gasteiger partial charge in [-0.2, -0.15) is 4.31 Å². The van der Waals surface area contributed by atoms with Crippen molar-refractivity contribution >= 4 is 15.7 Å². The Morgan fingerprint density at radius 2 is 2.00 bits per heavy atom. The van der Waals surface area contributed by atoms with Gasteiger partial charge >= 0.3 is 0 Å². The fourth-order valence-corrected chi connectivity index (χ4v) is 4.69. The third-order valence-corrected chi connectivity index (χ3v) is 6.07. The summed E-state index contributed by atoms with van der Waals surface area (Å²) in [5, 5.41) is 6.12. The van der Waals surface area contributed by atoms with Crippen LogP contribution in [0.2, 0.25) is 0 Å². The molecule has 1 heterocycles. The van der Waals surface area contributed by atoms with Gasteiger partial charge < -0.3 is 5.32 Å². The van der Waals surface area contributed by atoms with E-state index in [0.717, 1.165) is 32.4 Å². The van der Waals surface area contributed by atoms with Crippen LogP contribution in [0.3, 0.4) is 0 Å². The Bertz CT molecular complexity index is 622. The van der Waals surface area contributed by atoms with Gasteiger partial charge in [-0.3, -0.25) is 0 Å². The van der Waals surface area contributed by atoms with Gasteiger partial charge in [-0.25, -0.2) is 8.42 Å². The minimum atomic E-state index is -3.66. The van der Waals surface area contributed by atoms with Gasteiger partial charge in [-0.15, -0.1) is 4.91 Å². The third kappa shape index (κ3) is 3.00. The number of nitrogens with one attached hydrogen (secondary N) is 1. The summed E-state index contributed by atoms with van der Waals surface area (Å²) in [5.74, 6) is 0.344. The molecule has 0 amide bonds. The van der Waals surface area contributed by atoms with E-state index in [-0.39, 0.29) is 16.6 Å². The van der Waals surface area contributed by atoms with Crippen LogP contribution in [0.1, 0.15) is 19.3 Å². The molecule has 1 saturated heterocycles. The van der Waals surface area contributed by atoms with E-state index in [2.05, 4.69) is 10.5 Å². The van der Waals surface area contributed by atoms with Crippen molar-refractivity contribution in [1.82, 2.24) is 9.62 Å². The van der Waals surface area contributed by atoms with Crippen molar-refractivity contribution in [2.45, 2.75) is 30.2 Å². The van der Waals surface area contributed by atoms with Gasteiger partial charge in [0.15, 0.2) is 0 Å². The summed E-state index contributed by atoms with van der Waals surface area (Å²) in [6, 6.07) is 6.24. The van der Waals surface area contributed by atoms with Crippen molar-refractivity contribution in [3.63, 3.8) is 0 Å². The van der Waals surface area contributed by atoms with Crippen molar-refractivity contribution in [3.8, 4) is 0 Å². The highest BCUT2D eigenvalue weighted by Gasteiger charge is 2.40. The maximum absolute atomic E-state index is 12.9.